The Morgan fingerprint density at radius 1 is 1.13 bits per heavy atom. The van der Waals surface area contributed by atoms with Crippen LogP contribution in [0.2, 0.25) is 0 Å². The number of amides is 1. The normalized spacial score (nSPS) is 15.5. The fourth-order valence-corrected chi connectivity index (χ4v) is 2.48. The molecule has 0 bridgehead atoms. The molecule has 1 amide bonds. The maximum atomic E-state index is 13.2. The van der Waals surface area contributed by atoms with Crippen LogP contribution in [0.3, 0.4) is 0 Å². The van der Waals surface area contributed by atoms with Gasteiger partial charge in [-0.1, -0.05) is 0 Å². The van der Waals surface area contributed by atoms with Crippen LogP contribution in [-0.4, -0.2) is 40.0 Å². The molecule has 3 rings (SSSR count). The number of carbonyl (C=O) groups is 1. The zero-order valence-corrected chi connectivity index (χ0v) is 12.3. The smallest absolute Gasteiger partial charge is 0.316 e. The Bertz CT molecular complexity index is 689. The Morgan fingerprint density at radius 3 is 2.48 bits per heavy atom. The third kappa shape index (κ3) is 3.61. The van der Waals surface area contributed by atoms with Gasteiger partial charge in [0.15, 0.2) is 11.6 Å². The Morgan fingerprint density at radius 2 is 1.83 bits per heavy atom. The standard InChI is InChI=1S/C16H15F2N3O2/c17-13-3-2-11(10-14(13)18)15(22)21-8-4-12(5-9-21)23-16-19-6-1-7-20-16/h1-3,6-7,10,12H,4-5,8-9H2. The van der Waals surface area contributed by atoms with E-state index in [1.54, 1.807) is 23.4 Å². The lowest BCUT2D eigenvalue weighted by atomic mass is 10.1. The second-order valence-electron chi connectivity index (χ2n) is 5.27. The Labute approximate surface area is 131 Å². The average Bonchev–Trinajstić information content (AvgIpc) is 2.58. The zero-order valence-electron chi connectivity index (χ0n) is 12.3. The van der Waals surface area contributed by atoms with Gasteiger partial charge in [0.2, 0.25) is 0 Å². The molecule has 1 aliphatic rings. The number of halogens is 2. The third-order valence-electron chi connectivity index (χ3n) is 3.71. The van der Waals surface area contributed by atoms with Gasteiger partial charge in [-0.15, -0.1) is 0 Å². The number of aromatic nitrogens is 2. The number of carbonyl (C=O) groups excluding carboxylic acids is 1. The van der Waals surface area contributed by atoms with Crippen LogP contribution in [0.15, 0.2) is 36.7 Å². The number of hydrogen-bond donors (Lipinski definition) is 0. The number of nitrogens with zero attached hydrogens (tertiary/aromatic N) is 3. The van der Waals surface area contributed by atoms with Gasteiger partial charge >= 0.3 is 6.01 Å². The molecule has 1 fully saturated rings. The molecule has 5 nitrogen and oxygen atoms in total. The molecule has 0 spiro atoms. The molecule has 0 N–H and O–H groups in total. The maximum Gasteiger partial charge on any atom is 0.316 e. The molecule has 1 saturated heterocycles. The maximum absolute atomic E-state index is 13.2. The highest BCUT2D eigenvalue weighted by Gasteiger charge is 2.25. The van der Waals surface area contributed by atoms with Crippen molar-refractivity contribution in [3.8, 4) is 6.01 Å². The van der Waals surface area contributed by atoms with E-state index in [2.05, 4.69) is 9.97 Å². The molecule has 0 aliphatic carbocycles. The zero-order chi connectivity index (χ0) is 16.2. The molecule has 120 valence electrons. The van der Waals surface area contributed by atoms with Gasteiger partial charge in [0.25, 0.3) is 5.91 Å². The first-order valence-electron chi connectivity index (χ1n) is 7.31. The van der Waals surface area contributed by atoms with Crippen LogP contribution in [0.25, 0.3) is 0 Å². The van der Waals surface area contributed by atoms with Crippen molar-refractivity contribution in [3.63, 3.8) is 0 Å². The monoisotopic (exact) mass is 319 g/mol. The summed E-state index contributed by atoms with van der Waals surface area (Å²) in [7, 11) is 0. The van der Waals surface area contributed by atoms with E-state index in [4.69, 9.17) is 4.74 Å². The van der Waals surface area contributed by atoms with E-state index >= 15 is 0 Å². The van der Waals surface area contributed by atoms with E-state index in [-0.39, 0.29) is 17.6 Å². The summed E-state index contributed by atoms with van der Waals surface area (Å²) in [5.74, 6) is -2.29. The minimum Gasteiger partial charge on any atom is -0.460 e. The molecule has 0 saturated carbocycles. The van der Waals surface area contributed by atoms with Crippen LogP contribution in [0.4, 0.5) is 8.78 Å². The van der Waals surface area contributed by atoms with Gasteiger partial charge in [-0.25, -0.2) is 18.7 Å². The third-order valence-corrected chi connectivity index (χ3v) is 3.71. The number of rotatable bonds is 3. The average molecular weight is 319 g/mol. The molecule has 1 aliphatic heterocycles. The fourth-order valence-electron chi connectivity index (χ4n) is 2.48. The lowest BCUT2D eigenvalue weighted by molar-refractivity contribution is 0.0578. The van der Waals surface area contributed by atoms with Gasteiger partial charge in [-0.3, -0.25) is 4.79 Å². The van der Waals surface area contributed by atoms with E-state index in [0.717, 1.165) is 12.1 Å². The molecule has 7 heteroatoms. The van der Waals surface area contributed by atoms with Crippen molar-refractivity contribution in [1.82, 2.24) is 14.9 Å². The molecule has 2 aromatic rings. The lowest BCUT2D eigenvalue weighted by Gasteiger charge is -2.31. The summed E-state index contributed by atoms with van der Waals surface area (Å²) in [4.78, 5) is 21.9. The molecular weight excluding hydrogens is 304 g/mol. The van der Waals surface area contributed by atoms with Gasteiger partial charge < -0.3 is 9.64 Å². The van der Waals surface area contributed by atoms with E-state index in [1.165, 1.54) is 6.07 Å². The molecule has 23 heavy (non-hydrogen) atoms. The molecule has 2 heterocycles. The van der Waals surface area contributed by atoms with E-state index in [0.29, 0.717) is 31.9 Å². The van der Waals surface area contributed by atoms with Crippen LogP contribution in [0.5, 0.6) is 6.01 Å². The summed E-state index contributed by atoms with van der Waals surface area (Å²) < 4.78 is 31.8. The molecular formula is C16H15F2N3O2. The van der Waals surface area contributed by atoms with Gasteiger partial charge in [0.1, 0.15) is 6.10 Å². The van der Waals surface area contributed by atoms with Crippen LogP contribution in [0.1, 0.15) is 23.2 Å². The number of ether oxygens (including phenoxy) is 1. The first kappa shape index (κ1) is 15.3. The highest BCUT2D eigenvalue weighted by atomic mass is 19.2. The molecule has 0 atom stereocenters. The lowest BCUT2D eigenvalue weighted by Crippen LogP contribution is -2.42. The van der Waals surface area contributed by atoms with Gasteiger partial charge in [0, 0.05) is 43.9 Å². The SMILES string of the molecule is O=C(c1ccc(F)c(F)c1)N1CCC(Oc2ncccn2)CC1. The van der Waals surface area contributed by atoms with Gasteiger partial charge in [-0.2, -0.15) is 0 Å². The Balaban J connectivity index is 1.58. The molecule has 1 aromatic heterocycles. The fraction of sp³-hybridized carbons (Fsp3) is 0.312. The van der Waals surface area contributed by atoms with Crippen molar-refractivity contribution < 1.29 is 18.3 Å². The minimum atomic E-state index is -1.02. The largest absolute Gasteiger partial charge is 0.460 e. The molecule has 1 aromatic carbocycles. The number of piperidine rings is 1. The van der Waals surface area contributed by atoms with Crippen LogP contribution in [0, 0.1) is 11.6 Å². The van der Waals surface area contributed by atoms with Crippen molar-refractivity contribution in [2.24, 2.45) is 0 Å². The topological polar surface area (TPSA) is 55.3 Å². The van der Waals surface area contributed by atoms with Crippen molar-refractivity contribution >= 4 is 5.91 Å². The van der Waals surface area contributed by atoms with Crippen LogP contribution >= 0.6 is 0 Å². The van der Waals surface area contributed by atoms with Crippen LogP contribution in [-0.2, 0) is 0 Å². The van der Waals surface area contributed by atoms with Crippen molar-refractivity contribution in [1.29, 1.82) is 0 Å². The van der Waals surface area contributed by atoms with Crippen molar-refractivity contribution in [2.75, 3.05) is 13.1 Å². The summed E-state index contributed by atoms with van der Waals surface area (Å²) in [6, 6.07) is 5.21. The molecule has 0 unspecified atom stereocenters. The van der Waals surface area contributed by atoms with Gasteiger partial charge in [-0.05, 0) is 24.3 Å². The number of benzene rings is 1. The van der Waals surface area contributed by atoms with Crippen molar-refractivity contribution in [2.45, 2.75) is 18.9 Å². The Hall–Kier alpha value is -2.57. The second-order valence-corrected chi connectivity index (χ2v) is 5.27. The van der Waals surface area contributed by atoms with Crippen LogP contribution < -0.4 is 4.74 Å². The summed E-state index contributed by atoms with van der Waals surface area (Å²) in [5.41, 5.74) is 0.148. The highest BCUT2D eigenvalue weighted by Crippen LogP contribution is 2.18. The first-order chi connectivity index (χ1) is 11.1. The second kappa shape index (κ2) is 6.68. The summed E-state index contributed by atoms with van der Waals surface area (Å²) in [6.45, 7) is 0.963. The predicted octanol–water partition coefficient (Wildman–Crippen LogP) is 2.44. The van der Waals surface area contributed by atoms with Gasteiger partial charge in [0.05, 0.1) is 0 Å². The molecule has 0 radical (unpaired) electrons. The summed E-state index contributed by atoms with van der Waals surface area (Å²) >= 11 is 0. The summed E-state index contributed by atoms with van der Waals surface area (Å²) in [6.07, 6.45) is 4.40. The predicted molar refractivity (Wildman–Crippen MR) is 77.9 cm³/mol. The Kier molecular flexibility index (Phi) is 4.45. The first-order valence-corrected chi connectivity index (χ1v) is 7.31. The van der Waals surface area contributed by atoms with E-state index in [1.807, 2.05) is 0 Å². The highest BCUT2D eigenvalue weighted by molar-refractivity contribution is 5.94. The van der Waals surface area contributed by atoms with E-state index < -0.39 is 11.6 Å². The summed E-state index contributed by atoms with van der Waals surface area (Å²) in [5, 5.41) is 0. The quantitative estimate of drug-likeness (QED) is 0.872. The number of likely N-dealkylation sites (tertiary alicyclic amines) is 1. The van der Waals surface area contributed by atoms with Crippen molar-refractivity contribution in [3.05, 3.63) is 53.9 Å². The van der Waals surface area contributed by atoms with E-state index in [9.17, 15) is 13.6 Å². The minimum absolute atomic E-state index is 0.0635. The number of hydrogen-bond acceptors (Lipinski definition) is 4.